The molecule has 0 saturated heterocycles. The number of benzene rings is 1. The maximum Gasteiger partial charge on any atom is 0.237 e. The third-order valence-corrected chi connectivity index (χ3v) is 3.20. The van der Waals surface area contributed by atoms with Gasteiger partial charge in [0.1, 0.15) is 11.3 Å². The Kier molecular flexibility index (Phi) is 3.90. The number of amides is 1. The average Bonchev–Trinajstić information content (AvgIpc) is 2.38. The minimum atomic E-state index is -1.09. The van der Waals surface area contributed by atoms with Gasteiger partial charge >= 0.3 is 0 Å². The lowest BCUT2D eigenvalue weighted by molar-refractivity contribution is -0.123. The molecular formula is C15H19N3O2. The summed E-state index contributed by atoms with van der Waals surface area (Å²) in [6, 6.07) is 9.57. The second-order valence-electron chi connectivity index (χ2n) is 5.25. The Morgan fingerprint density at radius 1 is 1.40 bits per heavy atom. The molecule has 1 heterocycles. The highest BCUT2D eigenvalue weighted by molar-refractivity contribution is 5.84. The first-order chi connectivity index (χ1) is 9.40. The van der Waals surface area contributed by atoms with Crippen molar-refractivity contribution >= 4 is 16.8 Å². The van der Waals surface area contributed by atoms with E-state index in [1.807, 2.05) is 37.3 Å². The summed E-state index contributed by atoms with van der Waals surface area (Å²) in [6.07, 6.45) is 1.81. The Balaban J connectivity index is 2.18. The molecule has 2 unspecified atom stereocenters. The van der Waals surface area contributed by atoms with Gasteiger partial charge in [0.15, 0.2) is 0 Å². The van der Waals surface area contributed by atoms with Crippen molar-refractivity contribution in [2.24, 2.45) is 11.5 Å². The Morgan fingerprint density at radius 2 is 2.10 bits per heavy atom. The minimum absolute atomic E-state index is 0.245. The highest BCUT2D eigenvalue weighted by atomic mass is 16.5. The van der Waals surface area contributed by atoms with Crippen molar-refractivity contribution in [2.75, 3.05) is 0 Å². The smallest absolute Gasteiger partial charge is 0.237 e. The molecule has 0 aliphatic rings. The number of nitrogens with zero attached hydrogens (tertiary/aromatic N) is 1. The number of para-hydroxylation sites is 1. The highest BCUT2D eigenvalue weighted by Crippen LogP contribution is 2.25. The third-order valence-electron chi connectivity index (χ3n) is 3.20. The SMILES string of the molecule is CC(CC(C)(N)C(N)=O)Oc1cccc2cccnc12. The van der Waals surface area contributed by atoms with Gasteiger partial charge in [-0.3, -0.25) is 9.78 Å². The number of carbonyl (C=O) groups is 1. The summed E-state index contributed by atoms with van der Waals surface area (Å²) in [6.45, 7) is 3.46. The number of ether oxygens (including phenoxy) is 1. The van der Waals surface area contributed by atoms with E-state index in [2.05, 4.69) is 4.98 Å². The van der Waals surface area contributed by atoms with Gasteiger partial charge in [-0.25, -0.2) is 0 Å². The van der Waals surface area contributed by atoms with E-state index in [1.165, 1.54) is 0 Å². The molecule has 1 aromatic heterocycles. The zero-order valence-electron chi connectivity index (χ0n) is 11.7. The number of nitrogens with two attached hydrogens (primary N) is 2. The van der Waals surface area contributed by atoms with E-state index < -0.39 is 11.4 Å². The van der Waals surface area contributed by atoms with Crippen molar-refractivity contribution in [2.45, 2.75) is 31.9 Å². The lowest BCUT2D eigenvalue weighted by Gasteiger charge is -2.25. The zero-order valence-corrected chi connectivity index (χ0v) is 11.7. The van der Waals surface area contributed by atoms with Gasteiger partial charge in [-0.1, -0.05) is 18.2 Å². The molecule has 4 N–H and O–H groups in total. The topological polar surface area (TPSA) is 91.2 Å². The van der Waals surface area contributed by atoms with E-state index in [-0.39, 0.29) is 6.10 Å². The van der Waals surface area contributed by atoms with Crippen LogP contribution in [0.5, 0.6) is 5.75 Å². The van der Waals surface area contributed by atoms with Gasteiger partial charge in [-0.2, -0.15) is 0 Å². The highest BCUT2D eigenvalue weighted by Gasteiger charge is 2.28. The predicted molar refractivity (Wildman–Crippen MR) is 78.2 cm³/mol. The number of fused-ring (bicyclic) bond motifs is 1. The van der Waals surface area contributed by atoms with E-state index in [0.717, 1.165) is 10.9 Å². The molecule has 1 aromatic carbocycles. The van der Waals surface area contributed by atoms with E-state index in [4.69, 9.17) is 16.2 Å². The Hall–Kier alpha value is -2.14. The van der Waals surface area contributed by atoms with Crippen LogP contribution in [0.1, 0.15) is 20.3 Å². The summed E-state index contributed by atoms with van der Waals surface area (Å²) in [7, 11) is 0. The summed E-state index contributed by atoms with van der Waals surface area (Å²) in [5.74, 6) is 0.139. The number of pyridine rings is 1. The van der Waals surface area contributed by atoms with Gasteiger partial charge in [0.05, 0.1) is 11.6 Å². The second kappa shape index (κ2) is 5.46. The number of aromatic nitrogens is 1. The summed E-state index contributed by atoms with van der Waals surface area (Å²) in [5, 5.41) is 1.00. The zero-order chi connectivity index (χ0) is 14.8. The monoisotopic (exact) mass is 273 g/mol. The van der Waals surface area contributed by atoms with E-state index in [1.54, 1.807) is 13.1 Å². The lowest BCUT2D eigenvalue weighted by Crippen LogP contribution is -2.51. The third kappa shape index (κ3) is 3.05. The Bertz CT molecular complexity index is 620. The molecule has 106 valence electrons. The van der Waals surface area contributed by atoms with Crippen LogP contribution in [-0.4, -0.2) is 22.5 Å². The number of carbonyl (C=O) groups excluding carboxylic acids is 1. The van der Waals surface area contributed by atoms with Crippen molar-refractivity contribution < 1.29 is 9.53 Å². The quantitative estimate of drug-likeness (QED) is 0.865. The van der Waals surface area contributed by atoms with Crippen LogP contribution in [0, 0.1) is 0 Å². The molecule has 2 aromatic rings. The first-order valence-electron chi connectivity index (χ1n) is 6.49. The van der Waals surface area contributed by atoms with Crippen LogP contribution < -0.4 is 16.2 Å². The second-order valence-corrected chi connectivity index (χ2v) is 5.25. The molecule has 0 fully saturated rings. The van der Waals surface area contributed by atoms with Crippen molar-refractivity contribution in [1.82, 2.24) is 4.98 Å². The van der Waals surface area contributed by atoms with Crippen LogP contribution in [-0.2, 0) is 4.79 Å². The van der Waals surface area contributed by atoms with Gasteiger partial charge in [0.25, 0.3) is 0 Å². The van der Waals surface area contributed by atoms with E-state index in [9.17, 15) is 4.79 Å². The van der Waals surface area contributed by atoms with Crippen LogP contribution in [0.25, 0.3) is 10.9 Å². The molecule has 2 atom stereocenters. The lowest BCUT2D eigenvalue weighted by atomic mass is 9.95. The van der Waals surface area contributed by atoms with Crippen LogP contribution in [0.15, 0.2) is 36.5 Å². The average molecular weight is 273 g/mol. The number of primary amides is 1. The summed E-state index contributed by atoms with van der Waals surface area (Å²) < 4.78 is 5.86. The number of hydrogen-bond donors (Lipinski definition) is 2. The largest absolute Gasteiger partial charge is 0.488 e. The Morgan fingerprint density at radius 3 is 2.80 bits per heavy atom. The minimum Gasteiger partial charge on any atom is -0.488 e. The van der Waals surface area contributed by atoms with Crippen LogP contribution in [0.4, 0.5) is 0 Å². The van der Waals surface area contributed by atoms with Crippen LogP contribution >= 0.6 is 0 Å². The molecule has 5 heteroatoms. The predicted octanol–water partition coefficient (Wildman–Crippen LogP) is 1.59. The van der Waals surface area contributed by atoms with Crippen LogP contribution in [0.2, 0.25) is 0 Å². The van der Waals surface area contributed by atoms with Gasteiger partial charge in [0, 0.05) is 18.0 Å². The Labute approximate surface area is 117 Å². The number of hydrogen-bond acceptors (Lipinski definition) is 4. The van der Waals surface area contributed by atoms with Gasteiger partial charge in [-0.05, 0) is 26.0 Å². The van der Waals surface area contributed by atoms with Gasteiger partial charge in [0.2, 0.25) is 5.91 Å². The maximum atomic E-state index is 11.3. The summed E-state index contributed by atoms with van der Waals surface area (Å²) >= 11 is 0. The molecule has 0 bridgehead atoms. The van der Waals surface area contributed by atoms with Crippen molar-refractivity contribution in [3.05, 3.63) is 36.5 Å². The molecule has 0 spiro atoms. The maximum absolute atomic E-state index is 11.3. The van der Waals surface area contributed by atoms with E-state index in [0.29, 0.717) is 12.2 Å². The molecule has 0 aliphatic carbocycles. The standard InChI is InChI=1S/C15H19N3O2/c1-10(9-15(2,17)14(16)19)20-12-7-3-5-11-6-4-8-18-13(11)12/h3-8,10H,9,17H2,1-2H3,(H2,16,19). The van der Waals surface area contributed by atoms with E-state index >= 15 is 0 Å². The van der Waals surface area contributed by atoms with Gasteiger partial charge < -0.3 is 16.2 Å². The van der Waals surface area contributed by atoms with Crippen molar-refractivity contribution in [3.8, 4) is 5.75 Å². The molecule has 5 nitrogen and oxygen atoms in total. The molecule has 0 aliphatic heterocycles. The first-order valence-corrected chi connectivity index (χ1v) is 6.49. The summed E-state index contributed by atoms with van der Waals surface area (Å²) in [5.41, 5.74) is 10.8. The van der Waals surface area contributed by atoms with Crippen molar-refractivity contribution in [3.63, 3.8) is 0 Å². The molecular weight excluding hydrogens is 254 g/mol. The molecule has 1 amide bonds. The fraction of sp³-hybridized carbons (Fsp3) is 0.333. The molecule has 0 radical (unpaired) electrons. The first kappa shape index (κ1) is 14.3. The van der Waals surface area contributed by atoms with Crippen LogP contribution in [0.3, 0.4) is 0 Å². The fourth-order valence-corrected chi connectivity index (χ4v) is 2.13. The normalized spacial score (nSPS) is 15.6. The molecule has 0 saturated carbocycles. The summed E-state index contributed by atoms with van der Waals surface area (Å²) in [4.78, 5) is 15.6. The molecule has 2 rings (SSSR count). The fourth-order valence-electron chi connectivity index (χ4n) is 2.13. The number of rotatable bonds is 5. The van der Waals surface area contributed by atoms with Crippen molar-refractivity contribution in [1.29, 1.82) is 0 Å². The van der Waals surface area contributed by atoms with Gasteiger partial charge in [-0.15, -0.1) is 0 Å². The molecule has 20 heavy (non-hydrogen) atoms.